The minimum Gasteiger partial charge on any atom is -0.493 e. The largest absolute Gasteiger partial charge is 0.493 e. The van der Waals surface area contributed by atoms with Crippen molar-refractivity contribution in [3.8, 4) is 56.4 Å². The number of ether oxygens (including phenoxy) is 4. The van der Waals surface area contributed by atoms with E-state index in [1.165, 1.54) is 89.0 Å². The molecule has 0 saturated carbocycles. The molecule has 1 atom stereocenters. The first-order valence-corrected chi connectivity index (χ1v) is 26.0. The van der Waals surface area contributed by atoms with E-state index in [-0.39, 0.29) is 0 Å². The summed E-state index contributed by atoms with van der Waals surface area (Å²) in [7, 11) is 0. The molecule has 5 aromatic rings. The number of rotatable bonds is 34. The van der Waals surface area contributed by atoms with Crippen molar-refractivity contribution in [2.24, 2.45) is 5.92 Å². The molecule has 0 aliphatic rings. The standard InChI is InChI=1S/C59H83NO5/c1-7-13-18-22-37-62-51-32-33-52(57(44-51)64-39-24-20-15-9-3)50-35-36-60-54(42-50)53(41-46(12-6)26-17-11-5)59(55(60)45-61)48-29-27-47(28-30-48)49-31-34-56(63-38-23-19-14-8-2)58(43-49)65-40-25-21-16-10-4/h27-36,42-46H,7-26,37-41H2,1-6H3. The fourth-order valence-corrected chi connectivity index (χ4v) is 8.94. The van der Waals surface area contributed by atoms with Gasteiger partial charge in [-0.15, -0.1) is 0 Å². The summed E-state index contributed by atoms with van der Waals surface area (Å²) in [5, 5.41) is 0. The van der Waals surface area contributed by atoms with Gasteiger partial charge in [-0.1, -0.05) is 175 Å². The molecule has 0 bridgehead atoms. The van der Waals surface area contributed by atoms with Crippen LogP contribution in [0.25, 0.3) is 38.9 Å². The molecule has 6 heteroatoms. The van der Waals surface area contributed by atoms with E-state index in [1.54, 1.807) is 0 Å². The number of aldehydes is 1. The van der Waals surface area contributed by atoms with Crippen molar-refractivity contribution in [2.45, 2.75) is 176 Å². The monoisotopic (exact) mass is 886 g/mol. The van der Waals surface area contributed by atoms with Gasteiger partial charge in [-0.3, -0.25) is 4.79 Å². The molecule has 3 aromatic carbocycles. The zero-order chi connectivity index (χ0) is 46.1. The number of carbonyl (C=O) groups is 1. The lowest BCUT2D eigenvalue weighted by atomic mass is 9.88. The number of pyridine rings is 1. The molecule has 0 amide bonds. The Kier molecular flexibility index (Phi) is 22.9. The summed E-state index contributed by atoms with van der Waals surface area (Å²) >= 11 is 0. The summed E-state index contributed by atoms with van der Waals surface area (Å²) in [4.78, 5) is 13.3. The molecule has 0 aliphatic carbocycles. The Morgan fingerprint density at radius 2 is 1.05 bits per heavy atom. The van der Waals surface area contributed by atoms with Crippen LogP contribution in [0.3, 0.4) is 0 Å². The van der Waals surface area contributed by atoms with E-state index >= 15 is 0 Å². The van der Waals surface area contributed by atoms with Gasteiger partial charge in [0.05, 0.1) is 37.6 Å². The normalized spacial score (nSPS) is 11.8. The van der Waals surface area contributed by atoms with E-state index < -0.39 is 0 Å². The lowest BCUT2D eigenvalue weighted by Gasteiger charge is -2.17. The fourth-order valence-electron chi connectivity index (χ4n) is 8.94. The predicted molar refractivity (Wildman–Crippen MR) is 275 cm³/mol. The van der Waals surface area contributed by atoms with E-state index in [4.69, 9.17) is 18.9 Å². The van der Waals surface area contributed by atoms with Crippen LogP contribution in [0, 0.1) is 5.92 Å². The quantitative estimate of drug-likeness (QED) is 0.0304. The van der Waals surface area contributed by atoms with Crippen molar-refractivity contribution >= 4 is 11.8 Å². The van der Waals surface area contributed by atoms with E-state index in [0.717, 1.165) is 120 Å². The second kappa shape index (κ2) is 29.0. The van der Waals surface area contributed by atoms with Crippen molar-refractivity contribution in [2.75, 3.05) is 26.4 Å². The van der Waals surface area contributed by atoms with E-state index in [2.05, 4.69) is 125 Å². The molecule has 5 rings (SSSR count). The summed E-state index contributed by atoms with van der Waals surface area (Å²) in [6.45, 7) is 16.3. The molecule has 65 heavy (non-hydrogen) atoms. The lowest BCUT2D eigenvalue weighted by molar-refractivity contribution is 0.111. The van der Waals surface area contributed by atoms with Gasteiger partial charge in [0.25, 0.3) is 0 Å². The fraction of sp³-hybridized carbons (Fsp3) is 0.542. The van der Waals surface area contributed by atoms with Gasteiger partial charge in [-0.05, 0) is 102 Å². The topological polar surface area (TPSA) is 58.4 Å². The molecule has 0 N–H and O–H groups in total. The van der Waals surface area contributed by atoms with Crippen LogP contribution < -0.4 is 18.9 Å². The number of unbranched alkanes of at least 4 members (excludes halogenated alkanes) is 13. The SMILES string of the molecule is CCCCCCOc1ccc(-c2ccn3c(C=O)c(-c4ccc(-c5ccc(OCCCCCC)c(OCCCCCC)c5)cc4)c(CC(CC)CCCC)c3c2)c(OCCCCCC)c1. The molecule has 0 spiro atoms. The van der Waals surface area contributed by atoms with Crippen LogP contribution in [-0.2, 0) is 6.42 Å². The lowest BCUT2D eigenvalue weighted by Crippen LogP contribution is -2.04. The highest BCUT2D eigenvalue weighted by atomic mass is 16.5. The summed E-state index contributed by atoms with van der Waals surface area (Å²) in [5.74, 6) is 3.83. The van der Waals surface area contributed by atoms with Crippen molar-refractivity contribution < 1.29 is 23.7 Å². The Morgan fingerprint density at radius 3 is 1.63 bits per heavy atom. The number of hydrogen-bond donors (Lipinski definition) is 0. The molecule has 6 nitrogen and oxygen atoms in total. The number of hydrogen-bond acceptors (Lipinski definition) is 5. The van der Waals surface area contributed by atoms with E-state index in [9.17, 15) is 4.79 Å². The summed E-state index contributed by atoms with van der Waals surface area (Å²) in [6, 6.07) is 25.9. The minimum atomic E-state index is 0.505. The highest BCUT2D eigenvalue weighted by molar-refractivity contribution is 5.94. The molecular weight excluding hydrogens is 803 g/mol. The summed E-state index contributed by atoms with van der Waals surface area (Å²) < 4.78 is 27.6. The number of carbonyl (C=O) groups excluding carboxylic acids is 1. The molecular formula is C59H83NO5. The van der Waals surface area contributed by atoms with Crippen molar-refractivity contribution in [1.82, 2.24) is 4.40 Å². The highest BCUT2D eigenvalue weighted by Gasteiger charge is 2.23. The number of benzene rings is 3. The first-order valence-electron chi connectivity index (χ1n) is 26.0. The maximum atomic E-state index is 13.3. The molecule has 0 saturated heterocycles. The smallest absolute Gasteiger partial charge is 0.167 e. The van der Waals surface area contributed by atoms with Gasteiger partial charge < -0.3 is 23.3 Å². The average Bonchev–Trinajstić information content (AvgIpc) is 3.64. The maximum Gasteiger partial charge on any atom is 0.167 e. The van der Waals surface area contributed by atoms with E-state index in [1.807, 2.05) is 0 Å². The molecule has 0 radical (unpaired) electrons. The predicted octanol–water partition coefficient (Wildman–Crippen LogP) is 17.3. The van der Waals surface area contributed by atoms with Crippen LogP contribution in [0.15, 0.2) is 79.0 Å². The Balaban J connectivity index is 1.53. The third-order valence-electron chi connectivity index (χ3n) is 13.0. The summed E-state index contributed by atoms with van der Waals surface area (Å²) in [5.41, 5.74) is 9.39. The van der Waals surface area contributed by atoms with Crippen LogP contribution >= 0.6 is 0 Å². The van der Waals surface area contributed by atoms with Crippen LogP contribution in [0.5, 0.6) is 23.0 Å². The van der Waals surface area contributed by atoms with E-state index in [0.29, 0.717) is 38.0 Å². The van der Waals surface area contributed by atoms with Gasteiger partial charge >= 0.3 is 0 Å². The van der Waals surface area contributed by atoms with Gasteiger partial charge in [-0.2, -0.15) is 0 Å². The second-order valence-corrected chi connectivity index (χ2v) is 18.2. The molecule has 354 valence electrons. The highest BCUT2D eigenvalue weighted by Crippen LogP contribution is 2.41. The van der Waals surface area contributed by atoms with Crippen LogP contribution in [0.4, 0.5) is 0 Å². The third-order valence-corrected chi connectivity index (χ3v) is 13.0. The zero-order valence-corrected chi connectivity index (χ0v) is 41.3. The third kappa shape index (κ3) is 15.4. The van der Waals surface area contributed by atoms with Gasteiger partial charge in [0.15, 0.2) is 17.8 Å². The van der Waals surface area contributed by atoms with Crippen LogP contribution in [-0.4, -0.2) is 37.1 Å². The van der Waals surface area contributed by atoms with Crippen molar-refractivity contribution in [3.05, 3.63) is 90.3 Å². The van der Waals surface area contributed by atoms with Gasteiger partial charge in [0.2, 0.25) is 0 Å². The molecule has 1 unspecified atom stereocenters. The number of fused-ring (bicyclic) bond motifs is 1. The number of aromatic nitrogens is 1. The van der Waals surface area contributed by atoms with Gasteiger partial charge in [-0.25, -0.2) is 0 Å². The van der Waals surface area contributed by atoms with Crippen molar-refractivity contribution in [1.29, 1.82) is 0 Å². The minimum absolute atomic E-state index is 0.505. The Morgan fingerprint density at radius 1 is 0.492 bits per heavy atom. The molecule has 0 fully saturated rings. The number of nitrogens with zero attached hydrogens (tertiary/aromatic N) is 1. The first kappa shape index (κ1) is 51.3. The van der Waals surface area contributed by atoms with Gasteiger partial charge in [0, 0.05) is 23.4 Å². The Hall–Kier alpha value is -4.71. The average molecular weight is 886 g/mol. The molecule has 2 heterocycles. The van der Waals surface area contributed by atoms with Crippen LogP contribution in [0.2, 0.25) is 0 Å². The Labute approximate surface area is 393 Å². The maximum absolute atomic E-state index is 13.3. The molecule has 0 aliphatic heterocycles. The second-order valence-electron chi connectivity index (χ2n) is 18.2. The van der Waals surface area contributed by atoms with Crippen LogP contribution in [0.1, 0.15) is 186 Å². The zero-order valence-electron chi connectivity index (χ0n) is 41.3. The molecule has 2 aromatic heterocycles. The van der Waals surface area contributed by atoms with Gasteiger partial charge in [0.1, 0.15) is 11.5 Å². The first-order chi connectivity index (χ1) is 32.0. The van der Waals surface area contributed by atoms with Crippen molar-refractivity contribution in [3.63, 3.8) is 0 Å². The summed E-state index contributed by atoms with van der Waals surface area (Å²) in [6.07, 6.45) is 27.2. The Bertz CT molecular complexity index is 2120.